The summed E-state index contributed by atoms with van der Waals surface area (Å²) < 4.78 is 5.63. The summed E-state index contributed by atoms with van der Waals surface area (Å²) in [6.07, 6.45) is 5.45. The molecule has 0 aliphatic carbocycles. The zero-order chi connectivity index (χ0) is 10.2. The molecule has 1 rings (SSSR count). The van der Waals surface area contributed by atoms with E-state index in [2.05, 4.69) is 11.8 Å². The highest BCUT2D eigenvalue weighted by Crippen LogP contribution is 2.14. The van der Waals surface area contributed by atoms with E-state index in [1.165, 1.54) is 45.3 Å². The summed E-state index contributed by atoms with van der Waals surface area (Å²) in [5.41, 5.74) is 0. The minimum absolute atomic E-state index is 0.464. The lowest BCUT2D eigenvalue weighted by molar-refractivity contribution is 0.0150. The van der Waals surface area contributed by atoms with Crippen LogP contribution in [0.15, 0.2) is 0 Å². The van der Waals surface area contributed by atoms with Crippen molar-refractivity contribution in [2.75, 3.05) is 32.1 Å². The van der Waals surface area contributed by atoms with Crippen molar-refractivity contribution in [2.45, 2.75) is 38.7 Å². The molecule has 0 radical (unpaired) electrons. The Morgan fingerprint density at radius 1 is 1.36 bits per heavy atom. The van der Waals surface area contributed by atoms with Gasteiger partial charge in [0.15, 0.2) is 0 Å². The van der Waals surface area contributed by atoms with Crippen molar-refractivity contribution < 1.29 is 4.74 Å². The van der Waals surface area contributed by atoms with Gasteiger partial charge < -0.3 is 9.64 Å². The van der Waals surface area contributed by atoms with E-state index in [9.17, 15) is 0 Å². The molecule has 1 heterocycles. The standard InChI is InChI=1S/C11H22ClNO/c1-2-3-7-13-8-4-11(5-9-13)14-10-6-12/h11H,2-10H2,1H3. The molecule has 14 heavy (non-hydrogen) atoms. The molecule has 0 aromatic rings. The molecule has 1 saturated heterocycles. The second kappa shape index (κ2) is 7.49. The molecule has 1 aliphatic heterocycles. The first-order valence-corrected chi connectivity index (χ1v) is 6.30. The molecule has 0 amide bonds. The molecule has 0 aromatic heterocycles. The minimum Gasteiger partial charge on any atom is -0.377 e. The fourth-order valence-corrected chi connectivity index (χ4v) is 1.98. The van der Waals surface area contributed by atoms with Gasteiger partial charge in [0.05, 0.1) is 12.7 Å². The zero-order valence-electron chi connectivity index (χ0n) is 9.17. The van der Waals surface area contributed by atoms with Crippen molar-refractivity contribution in [1.29, 1.82) is 0 Å². The molecule has 84 valence electrons. The summed E-state index contributed by atoms with van der Waals surface area (Å²) in [6, 6.07) is 0. The van der Waals surface area contributed by atoms with Crippen LogP contribution in [0.2, 0.25) is 0 Å². The first kappa shape index (κ1) is 12.3. The van der Waals surface area contributed by atoms with Gasteiger partial charge in [0.2, 0.25) is 0 Å². The second-order valence-electron chi connectivity index (χ2n) is 3.95. The van der Waals surface area contributed by atoms with Gasteiger partial charge in [-0.25, -0.2) is 0 Å². The molecule has 0 bridgehead atoms. The summed E-state index contributed by atoms with van der Waals surface area (Å²) >= 11 is 5.58. The SMILES string of the molecule is CCCCN1CCC(OCCCl)CC1. The average molecular weight is 220 g/mol. The largest absolute Gasteiger partial charge is 0.377 e. The van der Waals surface area contributed by atoms with Gasteiger partial charge in [0.25, 0.3) is 0 Å². The number of halogens is 1. The molecular weight excluding hydrogens is 198 g/mol. The van der Waals surface area contributed by atoms with Crippen molar-refractivity contribution in [3.05, 3.63) is 0 Å². The van der Waals surface area contributed by atoms with Gasteiger partial charge in [-0.2, -0.15) is 0 Å². The van der Waals surface area contributed by atoms with Crippen molar-refractivity contribution >= 4 is 11.6 Å². The maximum Gasteiger partial charge on any atom is 0.0605 e. The number of likely N-dealkylation sites (tertiary alicyclic amines) is 1. The first-order chi connectivity index (χ1) is 6.86. The van der Waals surface area contributed by atoms with Gasteiger partial charge in [-0.05, 0) is 25.8 Å². The van der Waals surface area contributed by atoms with Crippen molar-refractivity contribution in [3.63, 3.8) is 0 Å². The Hall–Kier alpha value is 0.210. The monoisotopic (exact) mass is 219 g/mol. The van der Waals surface area contributed by atoms with Crippen molar-refractivity contribution in [3.8, 4) is 0 Å². The number of ether oxygens (including phenoxy) is 1. The van der Waals surface area contributed by atoms with E-state index in [1.807, 2.05) is 0 Å². The number of alkyl halides is 1. The predicted molar refractivity (Wildman–Crippen MR) is 61.0 cm³/mol. The Kier molecular flexibility index (Phi) is 6.57. The topological polar surface area (TPSA) is 12.5 Å². The highest BCUT2D eigenvalue weighted by molar-refractivity contribution is 6.17. The van der Waals surface area contributed by atoms with Crippen LogP contribution in [0.5, 0.6) is 0 Å². The maximum absolute atomic E-state index is 5.63. The van der Waals surface area contributed by atoms with E-state index >= 15 is 0 Å². The fraction of sp³-hybridized carbons (Fsp3) is 1.00. The van der Waals surface area contributed by atoms with Gasteiger partial charge in [0.1, 0.15) is 0 Å². The molecular formula is C11H22ClNO. The lowest BCUT2D eigenvalue weighted by Crippen LogP contribution is -2.37. The highest BCUT2D eigenvalue weighted by Gasteiger charge is 2.18. The predicted octanol–water partition coefficient (Wildman–Crippen LogP) is 2.51. The van der Waals surface area contributed by atoms with Crippen LogP contribution in [-0.2, 0) is 4.74 Å². The smallest absolute Gasteiger partial charge is 0.0605 e. The Labute approximate surface area is 92.6 Å². The molecule has 1 aliphatic rings. The maximum atomic E-state index is 5.63. The second-order valence-corrected chi connectivity index (χ2v) is 4.33. The molecule has 0 unspecified atom stereocenters. The van der Waals surface area contributed by atoms with Crippen LogP contribution in [0.4, 0.5) is 0 Å². The number of nitrogens with zero attached hydrogens (tertiary/aromatic N) is 1. The third-order valence-electron chi connectivity index (χ3n) is 2.79. The normalized spacial score (nSPS) is 20.1. The molecule has 0 N–H and O–H groups in total. The van der Waals surface area contributed by atoms with Crippen LogP contribution in [0.3, 0.4) is 0 Å². The summed E-state index contributed by atoms with van der Waals surface area (Å²) in [4.78, 5) is 2.55. The van der Waals surface area contributed by atoms with Crippen molar-refractivity contribution in [1.82, 2.24) is 4.90 Å². The number of hydrogen-bond acceptors (Lipinski definition) is 2. The summed E-state index contributed by atoms with van der Waals surface area (Å²) in [5, 5.41) is 0. The van der Waals surface area contributed by atoms with Crippen LogP contribution in [0, 0.1) is 0 Å². The molecule has 3 heteroatoms. The summed E-state index contributed by atoms with van der Waals surface area (Å²) in [6.45, 7) is 6.62. The summed E-state index contributed by atoms with van der Waals surface area (Å²) in [7, 11) is 0. The number of unbranched alkanes of at least 4 members (excludes halogenated alkanes) is 1. The third kappa shape index (κ3) is 4.63. The number of piperidine rings is 1. The van der Waals surface area contributed by atoms with Crippen LogP contribution < -0.4 is 0 Å². The molecule has 0 atom stereocenters. The Morgan fingerprint density at radius 2 is 2.07 bits per heavy atom. The van der Waals surface area contributed by atoms with E-state index in [0.29, 0.717) is 18.6 Å². The minimum atomic E-state index is 0.464. The van der Waals surface area contributed by atoms with Crippen LogP contribution >= 0.6 is 11.6 Å². The van der Waals surface area contributed by atoms with Gasteiger partial charge in [-0.1, -0.05) is 13.3 Å². The van der Waals surface area contributed by atoms with Crippen LogP contribution in [0.25, 0.3) is 0 Å². The average Bonchev–Trinajstić information content (AvgIpc) is 2.25. The fourth-order valence-electron chi connectivity index (χ4n) is 1.89. The number of hydrogen-bond donors (Lipinski definition) is 0. The van der Waals surface area contributed by atoms with E-state index < -0.39 is 0 Å². The Balaban J connectivity index is 2.05. The highest BCUT2D eigenvalue weighted by atomic mass is 35.5. The summed E-state index contributed by atoms with van der Waals surface area (Å²) in [5.74, 6) is 0.621. The van der Waals surface area contributed by atoms with Gasteiger partial charge in [0, 0.05) is 19.0 Å². The van der Waals surface area contributed by atoms with E-state index in [1.54, 1.807) is 0 Å². The van der Waals surface area contributed by atoms with E-state index in [-0.39, 0.29) is 0 Å². The number of rotatable bonds is 6. The van der Waals surface area contributed by atoms with Crippen LogP contribution in [0.1, 0.15) is 32.6 Å². The van der Waals surface area contributed by atoms with E-state index in [4.69, 9.17) is 16.3 Å². The molecule has 2 nitrogen and oxygen atoms in total. The van der Waals surface area contributed by atoms with Gasteiger partial charge in [-0.3, -0.25) is 0 Å². The first-order valence-electron chi connectivity index (χ1n) is 5.76. The molecule has 1 fully saturated rings. The molecule has 0 saturated carbocycles. The zero-order valence-corrected chi connectivity index (χ0v) is 9.93. The lowest BCUT2D eigenvalue weighted by Gasteiger charge is -2.31. The van der Waals surface area contributed by atoms with E-state index in [0.717, 1.165) is 0 Å². The Morgan fingerprint density at radius 3 is 2.64 bits per heavy atom. The molecule has 0 spiro atoms. The Bertz CT molecular complexity index is 119. The lowest BCUT2D eigenvalue weighted by atomic mass is 10.1. The van der Waals surface area contributed by atoms with Crippen molar-refractivity contribution in [2.24, 2.45) is 0 Å². The van der Waals surface area contributed by atoms with Crippen LogP contribution in [-0.4, -0.2) is 43.1 Å². The third-order valence-corrected chi connectivity index (χ3v) is 2.95. The van der Waals surface area contributed by atoms with Gasteiger partial charge >= 0.3 is 0 Å². The quantitative estimate of drug-likeness (QED) is 0.637. The van der Waals surface area contributed by atoms with Gasteiger partial charge in [-0.15, -0.1) is 11.6 Å². The molecule has 0 aromatic carbocycles.